The normalized spacial score (nSPS) is 19.5. The van der Waals surface area contributed by atoms with Gasteiger partial charge in [0.25, 0.3) is 0 Å². The lowest BCUT2D eigenvalue weighted by atomic mass is 9.82. The first kappa shape index (κ1) is 17.3. The van der Waals surface area contributed by atoms with Gasteiger partial charge >= 0.3 is 12.0 Å². The molecule has 0 aliphatic carbocycles. The number of carbonyl (C=O) groups excluding carboxylic acids is 1. The molecule has 1 saturated heterocycles. The Kier molecular flexibility index (Phi) is 4.97. The minimum Gasteiger partial charge on any atom is -0.481 e. The minimum absolute atomic E-state index is 0.126. The van der Waals surface area contributed by atoms with Crippen LogP contribution in [0.4, 0.5) is 4.79 Å². The first-order chi connectivity index (χ1) is 10.7. The highest BCUT2D eigenvalue weighted by Gasteiger charge is 2.34. The van der Waals surface area contributed by atoms with Gasteiger partial charge < -0.3 is 15.3 Å². The maximum Gasteiger partial charge on any atom is 0.317 e. The van der Waals surface area contributed by atoms with Crippen molar-refractivity contribution in [1.29, 1.82) is 0 Å². The van der Waals surface area contributed by atoms with Crippen molar-refractivity contribution >= 4 is 12.0 Å². The van der Waals surface area contributed by atoms with Gasteiger partial charge in [-0.2, -0.15) is 0 Å². The van der Waals surface area contributed by atoms with Crippen molar-refractivity contribution in [3.8, 4) is 0 Å². The molecule has 126 valence electrons. The fraction of sp³-hybridized carbons (Fsp3) is 0.556. The molecule has 1 aromatic rings. The van der Waals surface area contributed by atoms with Gasteiger partial charge in [-0.25, -0.2) is 4.79 Å². The Morgan fingerprint density at radius 1 is 1.35 bits per heavy atom. The van der Waals surface area contributed by atoms with Gasteiger partial charge in [-0.1, -0.05) is 50.6 Å². The Labute approximate surface area is 137 Å². The molecule has 2 unspecified atom stereocenters. The summed E-state index contributed by atoms with van der Waals surface area (Å²) in [5.74, 6) is -1.28. The number of likely N-dealkylation sites (tertiary alicyclic amines) is 1. The zero-order chi connectivity index (χ0) is 17.2. The highest BCUT2D eigenvalue weighted by Crippen LogP contribution is 2.33. The molecule has 1 fully saturated rings. The summed E-state index contributed by atoms with van der Waals surface area (Å²) < 4.78 is 0. The average molecular weight is 318 g/mol. The van der Waals surface area contributed by atoms with Crippen molar-refractivity contribution in [2.45, 2.75) is 40.2 Å². The second kappa shape index (κ2) is 6.60. The van der Waals surface area contributed by atoms with E-state index in [0.29, 0.717) is 13.0 Å². The fourth-order valence-corrected chi connectivity index (χ4v) is 3.01. The number of carboxylic acids is 1. The van der Waals surface area contributed by atoms with Gasteiger partial charge in [0.1, 0.15) is 0 Å². The molecule has 1 aromatic carbocycles. The quantitative estimate of drug-likeness (QED) is 0.899. The van der Waals surface area contributed by atoms with Crippen LogP contribution in [0.5, 0.6) is 0 Å². The Morgan fingerprint density at radius 3 is 2.57 bits per heavy atom. The number of amides is 2. The van der Waals surface area contributed by atoms with E-state index in [1.54, 1.807) is 4.90 Å². The lowest BCUT2D eigenvalue weighted by Gasteiger charge is -2.33. The number of urea groups is 1. The summed E-state index contributed by atoms with van der Waals surface area (Å²) in [6.07, 6.45) is 0.521. The maximum absolute atomic E-state index is 12.6. The van der Waals surface area contributed by atoms with Gasteiger partial charge in [-0.3, -0.25) is 4.79 Å². The van der Waals surface area contributed by atoms with E-state index in [-0.39, 0.29) is 24.0 Å². The second-order valence-corrected chi connectivity index (χ2v) is 7.43. The van der Waals surface area contributed by atoms with Gasteiger partial charge in [-0.15, -0.1) is 0 Å². The van der Waals surface area contributed by atoms with Crippen LogP contribution in [0.1, 0.15) is 44.4 Å². The highest BCUT2D eigenvalue weighted by molar-refractivity contribution is 5.77. The van der Waals surface area contributed by atoms with Crippen LogP contribution in [0.2, 0.25) is 0 Å². The summed E-state index contributed by atoms with van der Waals surface area (Å²) in [4.78, 5) is 25.2. The van der Waals surface area contributed by atoms with Crippen molar-refractivity contribution in [3.63, 3.8) is 0 Å². The third kappa shape index (κ3) is 4.24. The number of hydrogen-bond acceptors (Lipinski definition) is 2. The number of aryl methyl sites for hydroxylation is 1. The van der Waals surface area contributed by atoms with Crippen LogP contribution in [0.15, 0.2) is 24.3 Å². The molecule has 23 heavy (non-hydrogen) atoms. The molecule has 5 heteroatoms. The predicted molar refractivity (Wildman–Crippen MR) is 89.2 cm³/mol. The van der Waals surface area contributed by atoms with Crippen molar-refractivity contribution in [2.24, 2.45) is 11.3 Å². The average Bonchev–Trinajstić information content (AvgIpc) is 2.93. The van der Waals surface area contributed by atoms with Gasteiger partial charge in [0, 0.05) is 13.1 Å². The van der Waals surface area contributed by atoms with Crippen LogP contribution in [-0.4, -0.2) is 35.1 Å². The summed E-state index contributed by atoms with van der Waals surface area (Å²) in [5, 5.41) is 12.2. The number of nitrogens with one attached hydrogen (secondary N) is 1. The topological polar surface area (TPSA) is 69.6 Å². The molecule has 0 spiro atoms. The van der Waals surface area contributed by atoms with Gasteiger partial charge in [0.15, 0.2) is 0 Å². The van der Waals surface area contributed by atoms with E-state index in [2.05, 4.69) is 32.2 Å². The summed E-state index contributed by atoms with van der Waals surface area (Å²) >= 11 is 0. The van der Waals surface area contributed by atoms with Crippen LogP contribution in [-0.2, 0) is 4.79 Å². The van der Waals surface area contributed by atoms with E-state index in [4.69, 9.17) is 5.11 Å². The number of hydrogen-bond donors (Lipinski definition) is 2. The van der Waals surface area contributed by atoms with E-state index < -0.39 is 11.9 Å². The molecule has 2 rings (SSSR count). The largest absolute Gasteiger partial charge is 0.481 e. The summed E-state index contributed by atoms with van der Waals surface area (Å²) in [6.45, 7) is 9.07. The number of aliphatic carboxylic acids is 1. The van der Waals surface area contributed by atoms with Crippen LogP contribution in [0, 0.1) is 18.3 Å². The predicted octanol–water partition coefficient (Wildman–Crippen LogP) is 3.20. The first-order valence-electron chi connectivity index (χ1n) is 8.03. The standard InChI is InChI=1S/C18H26N2O3/c1-12-6-5-7-13(10-12)15(18(2,3)4)19-17(23)20-9-8-14(11-20)16(21)22/h5-7,10,14-15H,8-9,11H2,1-4H3,(H,19,23)(H,21,22). The van der Waals surface area contributed by atoms with Gasteiger partial charge in [0.05, 0.1) is 12.0 Å². The molecule has 0 radical (unpaired) electrons. The van der Waals surface area contributed by atoms with Crippen LogP contribution >= 0.6 is 0 Å². The Hall–Kier alpha value is -2.04. The zero-order valence-electron chi connectivity index (χ0n) is 14.3. The summed E-state index contributed by atoms with van der Waals surface area (Å²) in [5.41, 5.74) is 2.08. The Balaban J connectivity index is 2.13. The molecule has 1 aliphatic rings. The third-order valence-corrected chi connectivity index (χ3v) is 4.33. The van der Waals surface area contributed by atoms with Crippen molar-refractivity contribution in [1.82, 2.24) is 10.2 Å². The molecule has 2 amide bonds. The minimum atomic E-state index is -0.827. The maximum atomic E-state index is 12.6. The van der Waals surface area contributed by atoms with Crippen molar-refractivity contribution in [3.05, 3.63) is 35.4 Å². The molecular weight excluding hydrogens is 292 g/mol. The lowest BCUT2D eigenvalue weighted by molar-refractivity contribution is -0.141. The van der Waals surface area contributed by atoms with E-state index in [0.717, 1.165) is 11.1 Å². The fourth-order valence-electron chi connectivity index (χ4n) is 3.01. The summed E-state index contributed by atoms with van der Waals surface area (Å²) in [7, 11) is 0. The molecule has 2 atom stereocenters. The van der Waals surface area contributed by atoms with E-state index >= 15 is 0 Å². The highest BCUT2D eigenvalue weighted by atomic mass is 16.4. The van der Waals surface area contributed by atoms with Crippen molar-refractivity contribution < 1.29 is 14.7 Å². The number of rotatable bonds is 3. The van der Waals surface area contributed by atoms with E-state index in [9.17, 15) is 9.59 Å². The molecule has 1 heterocycles. The number of carboxylic acid groups (broad SMARTS) is 1. The van der Waals surface area contributed by atoms with Crippen molar-refractivity contribution in [2.75, 3.05) is 13.1 Å². The van der Waals surface area contributed by atoms with E-state index in [1.165, 1.54) is 0 Å². The number of carbonyl (C=O) groups is 2. The van der Waals surface area contributed by atoms with Crippen LogP contribution < -0.4 is 5.32 Å². The summed E-state index contributed by atoms with van der Waals surface area (Å²) in [6, 6.07) is 7.82. The smallest absolute Gasteiger partial charge is 0.317 e. The van der Waals surface area contributed by atoms with Crippen LogP contribution in [0.3, 0.4) is 0 Å². The van der Waals surface area contributed by atoms with E-state index in [1.807, 2.05) is 25.1 Å². The van der Waals surface area contributed by atoms with Gasteiger partial charge in [0.2, 0.25) is 0 Å². The Bertz CT molecular complexity index is 592. The molecule has 2 N–H and O–H groups in total. The zero-order valence-corrected chi connectivity index (χ0v) is 14.3. The SMILES string of the molecule is Cc1cccc(C(NC(=O)N2CCC(C(=O)O)C2)C(C)(C)C)c1. The Morgan fingerprint density at radius 2 is 2.04 bits per heavy atom. The number of nitrogens with zero attached hydrogens (tertiary/aromatic N) is 1. The lowest BCUT2D eigenvalue weighted by Crippen LogP contribution is -2.44. The second-order valence-electron chi connectivity index (χ2n) is 7.43. The molecule has 0 aromatic heterocycles. The number of benzene rings is 1. The molecule has 0 saturated carbocycles. The van der Waals surface area contributed by atoms with Gasteiger partial charge in [-0.05, 0) is 24.3 Å². The first-order valence-corrected chi connectivity index (χ1v) is 8.03. The third-order valence-electron chi connectivity index (χ3n) is 4.33. The molecule has 5 nitrogen and oxygen atoms in total. The van der Waals surface area contributed by atoms with Crippen LogP contribution in [0.25, 0.3) is 0 Å². The molecular formula is C18H26N2O3. The molecule has 0 bridgehead atoms. The monoisotopic (exact) mass is 318 g/mol. The molecule has 1 aliphatic heterocycles.